The van der Waals surface area contributed by atoms with Gasteiger partial charge in [0, 0.05) is 12.6 Å². The highest BCUT2D eigenvalue weighted by Crippen LogP contribution is 2.54. The van der Waals surface area contributed by atoms with Gasteiger partial charge in [0.25, 0.3) is 0 Å². The molecule has 2 aliphatic rings. The van der Waals surface area contributed by atoms with E-state index in [0.717, 1.165) is 18.1 Å². The third kappa shape index (κ3) is 3.09. The molecule has 1 aliphatic heterocycles. The predicted molar refractivity (Wildman–Crippen MR) is 108 cm³/mol. The van der Waals surface area contributed by atoms with Crippen LogP contribution >= 0.6 is 11.6 Å². The zero-order valence-electron chi connectivity index (χ0n) is 15.6. The van der Waals surface area contributed by atoms with Crippen molar-refractivity contribution in [3.63, 3.8) is 0 Å². The first-order valence-corrected chi connectivity index (χ1v) is 9.53. The highest BCUT2D eigenvalue weighted by Gasteiger charge is 2.50. The van der Waals surface area contributed by atoms with Gasteiger partial charge in [-0.3, -0.25) is 0 Å². The number of aromatic nitrogens is 2. The molecule has 4 rings (SSSR count). The maximum absolute atomic E-state index is 6.48. The minimum absolute atomic E-state index is 0.320. The van der Waals surface area contributed by atoms with Crippen molar-refractivity contribution < 1.29 is 0 Å². The van der Waals surface area contributed by atoms with Gasteiger partial charge in [0.1, 0.15) is 12.0 Å². The van der Waals surface area contributed by atoms with E-state index in [1.807, 2.05) is 24.3 Å². The van der Waals surface area contributed by atoms with Crippen LogP contribution in [0.1, 0.15) is 40.0 Å². The average molecular weight is 372 g/mol. The molecule has 0 radical (unpaired) electrons. The summed E-state index contributed by atoms with van der Waals surface area (Å²) in [6.07, 6.45) is 5.19. The molecule has 2 fully saturated rings. The smallest absolute Gasteiger partial charge is 0.159 e. The molecule has 2 unspecified atom stereocenters. The molecule has 2 atom stereocenters. The molecule has 26 heavy (non-hydrogen) atoms. The van der Waals surface area contributed by atoms with Crippen LogP contribution in [0.3, 0.4) is 0 Å². The van der Waals surface area contributed by atoms with Gasteiger partial charge in [0.15, 0.2) is 11.6 Å². The second kappa shape index (κ2) is 6.02. The molecule has 1 aromatic heterocycles. The van der Waals surface area contributed by atoms with Crippen LogP contribution in [0.5, 0.6) is 0 Å². The number of hydrogen-bond acceptors (Lipinski definition) is 5. The number of hydrogen-bond donors (Lipinski definition) is 2. The normalized spacial score (nSPS) is 26.8. The maximum atomic E-state index is 6.48. The van der Waals surface area contributed by atoms with Gasteiger partial charge in [-0.1, -0.05) is 44.5 Å². The first-order valence-electron chi connectivity index (χ1n) is 9.15. The number of nitrogens with two attached hydrogens (primary N) is 1. The van der Waals surface area contributed by atoms with Crippen LogP contribution in [0.4, 0.5) is 23.0 Å². The minimum atomic E-state index is 0.320. The Kier molecular flexibility index (Phi) is 4.03. The first-order chi connectivity index (χ1) is 12.3. The van der Waals surface area contributed by atoms with Crippen molar-refractivity contribution in [3.05, 3.63) is 35.6 Å². The molecule has 3 N–H and O–H groups in total. The van der Waals surface area contributed by atoms with Crippen LogP contribution in [0.25, 0.3) is 0 Å². The molecule has 1 aliphatic carbocycles. The zero-order valence-corrected chi connectivity index (χ0v) is 16.3. The Morgan fingerprint density at radius 3 is 2.73 bits per heavy atom. The molecule has 2 bridgehead atoms. The number of para-hydroxylation sites is 1. The van der Waals surface area contributed by atoms with E-state index in [1.54, 1.807) is 6.33 Å². The summed E-state index contributed by atoms with van der Waals surface area (Å²) in [5, 5.41) is 3.89. The van der Waals surface area contributed by atoms with E-state index in [2.05, 4.69) is 41.0 Å². The number of rotatable bonds is 3. The molecule has 1 aromatic carbocycles. The summed E-state index contributed by atoms with van der Waals surface area (Å²) in [4.78, 5) is 11.3. The fourth-order valence-corrected chi connectivity index (χ4v) is 5.30. The van der Waals surface area contributed by atoms with Gasteiger partial charge >= 0.3 is 0 Å². The summed E-state index contributed by atoms with van der Waals surface area (Å²) in [5.74, 6) is 1.44. The highest BCUT2D eigenvalue weighted by atomic mass is 35.5. The fourth-order valence-electron chi connectivity index (χ4n) is 5.11. The molecular formula is C20H26ClN5. The highest BCUT2D eigenvalue weighted by molar-refractivity contribution is 6.33. The largest absolute Gasteiger partial charge is 0.393 e. The van der Waals surface area contributed by atoms with Crippen LogP contribution < -0.4 is 16.0 Å². The molecule has 1 saturated carbocycles. The summed E-state index contributed by atoms with van der Waals surface area (Å²) < 4.78 is 0. The van der Waals surface area contributed by atoms with Crippen LogP contribution in [-0.2, 0) is 0 Å². The van der Waals surface area contributed by atoms with E-state index >= 15 is 0 Å². The second-order valence-electron chi connectivity index (χ2n) is 8.91. The van der Waals surface area contributed by atoms with E-state index in [9.17, 15) is 0 Å². The fraction of sp³-hybridized carbons (Fsp3) is 0.500. The van der Waals surface area contributed by atoms with Gasteiger partial charge in [-0.05, 0) is 42.2 Å². The van der Waals surface area contributed by atoms with Gasteiger partial charge in [0.2, 0.25) is 0 Å². The molecule has 0 spiro atoms. The standard InChI is InChI=1S/C20H26ClN5/c1-19(2)8-13-9-20(3,10-19)11-26(13)18-16(22)17(23-12-24-18)25-15-7-5-4-6-14(15)21/h4-7,12-13H,8-11,22H2,1-3H3,(H,23,24,25). The number of anilines is 4. The predicted octanol–water partition coefficient (Wildman–Crippen LogP) is 4.86. The third-order valence-corrected chi connectivity index (χ3v) is 6.01. The summed E-state index contributed by atoms with van der Waals surface area (Å²) in [7, 11) is 0. The molecule has 1 saturated heterocycles. The van der Waals surface area contributed by atoms with Gasteiger partial charge in [0.05, 0.1) is 10.7 Å². The monoisotopic (exact) mass is 371 g/mol. The number of nitrogens with one attached hydrogen (secondary N) is 1. The molecule has 2 heterocycles. The molecule has 138 valence electrons. The Hall–Kier alpha value is -2.01. The summed E-state index contributed by atoms with van der Waals surface area (Å²) >= 11 is 6.26. The van der Waals surface area contributed by atoms with Crippen LogP contribution in [0.15, 0.2) is 30.6 Å². The molecular weight excluding hydrogens is 346 g/mol. The lowest BCUT2D eigenvalue weighted by Crippen LogP contribution is -2.35. The van der Waals surface area contributed by atoms with Crippen LogP contribution in [0.2, 0.25) is 5.02 Å². The van der Waals surface area contributed by atoms with E-state index in [4.69, 9.17) is 17.3 Å². The van der Waals surface area contributed by atoms with Crippen molar-refractivity contribution in [1.82, 2.24) is 9.97 Å². The van der Waals surface area contributed by atoms with Gasteiger partial charge in [-0.15, -0.1) is 0 Å². The van der Waals surface area contributed by atoms with Gasteiger partial charge in [-0.25, -0.2) is 9.97 Å². The molecule has 2 aromatic rings. The number of nitrogens with zero attached hydrogens (tertiary/aromatic N) is 3. The zero-order chi connectivity index (χ0) is 18.5. The molecule has 6 heteroatoms. The third-order valence-electron chi connectivity index (χ3n) is 5.68. The molecule has 0 amide bonds. The van der Waals surface area contributed by atoms with Crippen molar-refractivity contribution in [1.29, 1.82) is 0 Å². The van der Waals surface area contributed by atoms with Crippen molar-refractivity contribution in [3.8, 4) is 0 Å². The topological polar surface area (TPSA) is 67.1 Å². The van der Waals surface area contributed by atoms with Crippen molar-refractivity contribution in [2.75, 3.05) is 22.5 Å². The van der Waals surface area contributed by atoms with Crippen LogP contribution in [-0.4, -0.2) is 22.6 Å². The van der Waals surface area contributed by atoms with Gasteiger partial charge < -0.3 is 16.0 Å². The Morgan fingerprint density at radius 1 is 1.19 bits per heavy atom. The SMILES string of the molecule is CC1(C)CC2CC(C)(CN2c2ncnc(Nc3ccccc3Cl)c2N)C1. The minimum Gasteiger partial charge on any atom is -0.393 e. The van der Waals surface area contributed by atoms with Crippen molar-refractivity contribution >= 4 is 34.6 Å². The molecule has 5 nitrogen and oxygen atoms in total. The first kappa shape index (κ1) is 17.4. The number of fused-ring (bicyclic) bond motifs is 2. The lowest BCUT2D eigenvalue weighted by Gasteiger charge is -2.39. The summed E-state index contributed by atoms with van der Waals surface area (Å²) in [5.41, 5.74) is 8.53. The van der Waals surface area contributed by atoms with E-state index in [1.165, 1.54) is 19.3 Å². The van der Waals surface area contributed by atoms with Gasteiger partial charge in [-0.2, -0.15) is 0 Å². The Labute approximate surface area is 160 Å². The average Bonchev–Trinajstić information content (AvgIpc) is 2.80. The van der Waals surface area contributed by atoms with Crippen molar-refractivity contribution in [2.24, 2.45) is 10.8 Å². The number of halogens is 1. The number of nitrogen functional groups attached to an aromatic ring is 1. The Morgan fingerprint density at radius 2 is 1.96 bits per heavy atom. The lowest BCUT2D eigenvalue weighted by molar-refractivity contribution is 0.136. The summed E-state index contributed by atoms with van der Waals surface area (Å²) in [6, 6.07) is 8.06. The van der Waals surface area contributed by atoms with Crippen molar-refractivity contribution in [2.45, 2.75) is 46.1 Å². The quantitative estimate of drug-likeness (QED) is 0.806. The maximum Gasteiger partial charge on any atom is 0.159 e. The van der Waals surface area contributed by atoms with E-state index < -0.39 is 0 Å². The van der Waals surface area contributed by atoms with E-state index in [-0.39, 0.29) is 0 Å². The van der Waals surface area contributed by atoms with Crippen LogP contribution in [0, 0.1) is 10.8 Å². The lowest BCUT2D eigenvalue weighted by atomic mass is 9.65. The second-order valence-corrected chi connectivity index (χ2v) is 9.31. The van der Waals surface area contributed by atoms with E-state index in [0.29, 0.717) is 33.4 Å². The number of benzene rings is 1. The Balaban J connectivity index is 1.66. The Bertz CT molecular complexity index is 837. The summed E-state index contributed by atoms with van der Waals surface area (Å²) in [6.45, 7) is 8.12.